The van der Waals surface area contributed by atoms with Crippen molar-refractivity contribution in [3.05, 3.63) is 52.6 Å². The molecule has 0 aliphatic carbocycles. The summed E-state index contributed by atoms with van der Waals surface area (Å²) >= 11 is 0.945. The monoisotopic (exact) mass is 411 g/mol. The van der Waals surface area contributed by atoms with Gasteiger partial charge in [-0.1, -0.05) is 6.07 Å². The van der Waals surface area contributed by atoms with E-state index in [0.717, 1.165) is 17.8 Å². The van der Waals surface area contributed by atoms with Gasteiger partial charge in [-0.25, -0.2) is 8.42 Å². The normalized spacial score (nSPS) is 10.9. The molecule has 2 rings (SSSR count). The smallest absolute Gasteiger partial charge is 0.312 e. The van der Waals surface area contributed by atoms with E-state index in [2.05, 4.69) is 4.72 Å². The fraction of sp³-hybridized carbons (Fsp3) is 0.188. The molecule has 1 amide bonds. The number of amides is 1. The van der Waals surface area contributed by atoms with Gasteiger partial charge < -0.3 is 9.64 Å². The zero-order valence-electron chi connectivity index (χ0n) is 14.7. The van der Waals surface area contributed by atoms with Crippen molar-refractivity contribution in [2.24, 2.45) is 0 Å². The lowest BCUT2D eigenvalue weighted by Gasteiger charge is -2.11. The Kier molecular flexibility index (Phi) is 6.28. The summed E-state index contributed by atoms with van der Waals surface area (Å²) in [6.45, 7) is 0. The average molecular weight is 411 g/mol. The molecule has 0 saturated carbocycles. The Hall–Kier alpha value is -2.79. The lowest BCUT2D eigenvalue weighted by Crippen LogP contribution is -2.16. The fourth-order valence-corrected chi connectivity index (χ4v) is 3.79. The maximum Gasteiger partial charge on any atom is 0.312 e. The molecule has 0 aromatic heterocycles. The first-order valence-corrected chi connectivity index (χ1v) is 9.78. The number of nitrogens with zero attached hydrogens (tertiary/aromatic N) is 2. The van der Waals surface area contributed by atoms with Gasteiger partial charge in [-0.3, -0.25) is 19.6 Å². The predicted molar refractivity (Wildman–Crippen MR) is 102 cm³/mol. The third kappa shape index (κ3) is 5.11. The van der Waals surface area contributed by atoms with Crippen LogP contribution in [0.15, 0.2) is 52.3 Å². The van der Waals surface area contributed by atoms with Crippen LogP contribution >= 0.6 is 11.8 Å². The highest BCUT2D eigenvalue weighted by Gasteiger charge is 2.22. The summed E-state index contributed by atoms with van der Waals surface area (Å²) in [6.07, 6.45) is 0. The van der Waals surface area contributed by atoms with Crippen LogP contribution in [-0.4, -0.2) is 44.7 Å². The number of sulfonamides is 1. The van der Waals surface area contributed by atoms with Crippen LogP contribution < -0.4 is 9.46 Å². The van der Waals surface area contributed by atoms with E-state index in [1.54, 1.807) is 26.2 Å². The molecule has 1 N–H and O–H groups in total. The highest BCUT2D eigenvalue weighted by Crippen LogP contribution is 2.30. The van der Waals surface area contributed by atoms with Crippen LogP contribution in [0, 0.1) is 10.1 Å². The van der Waals surface area contributed by atoms with E-state index >= 15 is 0 Å². The molecule has 0 atom stereocenters. The zero-order valence-corrected chi connectivity index (χ0v) is 16.3. The van der Waals surface area contributed by atoms with Crippen LogP contribution in [0.5, 0.6) is 5.75 Å². The summed E-state index contributed by atoms with van der Waals surface area (Å²) in [5, 5.41) is 10.9. The minimum absolute atomic E-state index is 0.0421. The number of ether oxygens (including phenoxy) is 1. The molecule has 0 spiro atoms. The molecule has 0 bridgehead atoms. The molecule has 0 radical (unpaired) electrons. The number of rotatable bonds is 6. The number of nitrogens with one attached hydrogen (secondary N) is 1. The second-order valence-electron chi connectivity index (χ2n) is 5.49. The minimum atomic E-state index is -4.07. The minimum Gasteiger partial charge on any atom is -0.490 e. The summed E-state index contributed by atoms with van der Waals surface area (Å²) in [7, 11) is 0.406. The lowest BCUT2D eigenvalue weighted by molar-refractivity contribution is -0.386. The summed E-state index contributed by atoms with van der Waals surface area (Å²) in [6, 6.07) is 9.63. The van der Waals surface area contributed by atoms with E-state index in [1.807, 2.05) is 0 Å². The number of benzene rings is 2. The van der Waals surface area contributed by atoms with Gasteiger partial charge in [0, 0.05) is 30.7 Å². The van der Waals surface area contributed by atoms with E-state index in [0.29, 0.717) is 4.90 Å². The molecule has 0 aliphatic heterocycles. The average Bonchev–Trinajstić information content (AvgIpc) is 2.60. The number of anilines is 1. The molecular formula is C16H17N3O6S2. The fourth-order valence-electron chi connectivity index (χ4n) is 2.01. The summed E-state index contributed by atoms with van der Waals surface area (Å²) in [5.74, 6) is -0.0421. The quantitative estimate of drug-likeness (QED) is 0.440. The molecule has 144 valence electrons. The van der Waals surface area contributed by atoms with Gasteiger partial charge in [0.05, 0.1) is 16.9 Å². The first kappa shape index (κ1) is 20.5. The van der Waals surface area contributed by atoms with E-state index in [9.17, 15) is 23.3 Å². The van der Waals surface area contributed by atoms with Gasteiger partial charge in [-0.05, 0) is 42.1 Å². The second kappa shape index (κ2) is 8.27. The first-order valence-electron chi connectivity index (χ1n) is 7.48. The lowest BCUT2D eigenvalue weighted by atomic mass is 10.3. The second-order valence-corrected chi connectivity index (χ2v) is 8.19. The van der Waals surface area contributed by atoms with E-state index in [1.165, 1.54) is 36.3 Å². The van der Waals surface area contributed by atoms with Crippen molar-refractivity contribution in [1.29, 1.82) is 0 Å². The number of carbonyl (C=O) groups excluding carboxylic acids is 1. The van der Waals surface area contributed by atoms with Gasteiger partial charge >= 0.3 is 5.69 Å². The summed E-state index contributed by atoms with van der Waals surface area (Å²) in [5.41, 5.74) is -0.230. The van der Waals surface area contributed by atoms with Crippen LogP contribution in [0.4, 0.5) is 16.2 Å². The van der Waals surface area contributed by atoms with Gasteiger partial charge in [0.15, 0.2) is 5.75 Å². The molecule has 11 heteroatoms. The van der Waals surface area contributed by atoms with Gasteiger partial charge in [-0.15, -0.1) is 0 Å². The molecule has 0 aliphatic rings. The first-order chi connectivity index (χ1) is 12.6. The number of carbonyl (C=O) groups is 1. The third-order valence-electron chi connectivity index (χ3n) is 3.31. The topological polar surface area (TPSA) is 119 Å². The Bertz CT molecular complexity index is 976. The number of hydrogen-bond donors (Lipinski definition) is 1. The van der Waals surface area contributed by atoms with Crippen molar-refractivity contribution in [2.75, 3.05) is 25.9 Å². The van der Waals surface area contributed by atoms with Gasteiger partial charge in [0.2, 0.25) is 0 Å². The number of nitro groups is 1. The SMILES string of the molecule is COc1ccc(S(=O)(=O)Nc2cccc(SC(=O)N(C)C)c2)cc1[N+](=O)[O-]. The maximum absolute atomic E-state index is 12.6. The molecule has 2 aromatic carbocycles. The number of thioether (sulfide) groups is 1. The Morgan fingerprint density at radius 2 is 1.93 bits per heavy atom. The number of hydrogen-bond acceptors (Lipinski definition) is 7. The Labute approximate surface area is 160 Å². The van der Waals surface area contributed by atoms with Crippen LogP contribution in [0.25, 0.3) is 0 Å². The molecule has 0 heterocycles. The predicted octanol–water partition coefficient (Wildman–Crippen LogP) is 3.18. The van der Waals surface area contributed by atoms with Crippen LogP contribution in [0.3, 0.4) is 0 Å². The van der Waals surface area contributed by atoms with Crippen molar-refractivity contribution in [3.63, 3.8) is 0 Å². The van der Waals surface area contributed by atoms with Crippen LogP contribution in [0.2, 0.25) is 0 Å². The standard InChI is InChI=1S/C16H17N3O6S2/c1-18(2)16(20)26-12-6-4-5-11(9-12)17-27(23,24)13-7-8-15(25-3)14(10-13)19(21)22/h4-10,17H,1-3H3. The van der Waals surface area contributed by atoms with Gasteiger partial charge in [-0.2, -0.15) is 0 Å². The summed E-state index contributed by atoms with van der Waals surface area (Å²) in [4.78, 5) is 23.8. The number of nitro benzene ring substituents is 1. The Morgan fingerprint density at radius 1 is 1.22 bits per heavy atom. The molecular weight excluding hydrogens is 394 g/mol. The summed E-state index contributed by atoms with van der Waals surface area (Å²) < 4.78 is 32.3. The third-order valence-corrected chi connectivity index (χ3v) is 5.72. The highest BCUT2D eigenvalue weighted by atomic mass is 32.2. The van der Waals surface area contributed by atoms with Crippen molar-refractivity contribution in [3.8, 4) is 5.75 Å². The molecule has 27 heavy (non-hydrogen) atoms. The van der Waals surface area contributed by atoms with Gasteiger partial charge in [0.25, 0.3) is 15.3 Å². The van der Waals surface area contributed by atoms with Crippen LogP contribution in [-0.2, 0) is 10.0 Å². The Balaban J connectivity index is 2.30. The van der Waals surface area contributed by atoms with E-state index in [4.69, 9.17) is 4.74 Å². The van der Waals surface area contributed by atoms with E-state index in [-0.39, 0.29) is 21.6 Å². The molecule has 9 nitrogen and oxygen atoms in total. The van der Waals surface area contributed by atoms with Crippen molar-refractivity contribution >= 4 is 38.4 Å². The number of methoxy groups -OCH3 is 1. The van der Waals surface area contributed by atoms with E-state index < -0.39 is 20.6 Å². The van der Waals surface area contributed by atoms with Crippen molar-refractivity contribution in [1.82, 2.24) is 4.90 Å². The highest BCUT2D eigenvalue weighted by molar-refractivity contribution is 8.13. The molecule has 2 aromatic rings. The van der Waals surface area contributed by atoms with Crippen LogP contribution in [0.1, 0.15) is 0 Å². The van der Waals surface area contributed by atoms with Crippen molar-refractivity contribution < 1.29 is 22.9 Å². The maximum atomic E-state index is 12.6. The largest absolute Gasteiger partial charge is 0.490 e. The Morgan fingerprint density at radius 3 is 2.52 bits per heavy atom. The van der Waals surface area contributed by atoms with Gasteiger partial charge in [0.1, 0.15) is 0 Å². The molecule has 0 fully saturated rings. The van der Waals surface area contributed by atoms with Crippen molar-refractivity contribution in [2.45, 2.75) is 9.79 Å². The molecule has 0 saturated heterocycles. The molecule has 0 unspecified atom stereocenters. The zero-order chi connectivity index (χ0) is 20.2.